The number of hydrogen-bond donors (Lipinski definition) is 0. The van der Waals surface area contributed by atoms with Gasteiger partial charge >= 0.3 is 0 Å². The zero-order chi connectivity index (χ0) is 10.3. The van der Waals surface area contributed by atoms with Gasteiger partial charge in [0, 0.05) is 0 Å². The summed E-state index contributed by atoms with van der Waals surface area (Å²) in [6, 6.07) is 3.79. The van der Waals surface area contributed by atoms with Gasteiger partial charge in [0.05, 0.1) is 0 Å². The second kappa shape index (κ2) is 2.83. The largest absolute Gasteiger partial charge is 0.288 e. The summed E-state index contributed by atoms with van der Waals surface area (Å²) in [4.78, 5) is 0. The monoisotopic (exact) mass is 205 g/mol. The quantitative estimate of drug-likeness (QED) is 0.652. The van der Waals surface area contributed by atoms with Crippen LogP contribution >= 0.6 is 11.6 Å². The maximum Gasteiger partial charge on any atom is 0.177 e. The average Bonchev–Trinajstić information content (AvgIpc) is 2.66. The highest BCUT2D eigenvalue weighted by molar-refractivity contribution is 6.31. The molecule has 0 saturated carbocycles. The summed E-state index contributed by atoms with van der Waals surface area (Å²) in [6.45, 7) is 1.79. The van der Waals surface area contributed by atoms with Crippen molar-refractivity contribution in [2.45, 2.75) is 13.1 Å². The molecule has 1 aliphatic rings. The number of azo groups is 1. The summed E-state index contributed by atoms with van der Waals surface area (Å²) in [5.74, 6) is 0.376. The van der Waals surface area contributed by atoms with Crippen LogP contribution in [-0.4, -0.2) is 4.57 Å². The molecule has 2 heterocycles. The Bertz CT molecular complexity index is 513. The van der Waals surface area contributed by atoms with Crippen molar-refractivity contribution in [2.24, 2.45) is 10.2 Å². The van der Waals surface area contributed by atoms with Crippen LogP contribution in [0.15, 0.2) is 10.2 Å². The van der Waals surface area contributed by atoms with Gasteiger partial charge in [0.2, 0.25) is 0 Å². The first-order valence-corrected chi connectivity index (χ1v) is 4.23. The summed E-state index contributed by atoms with van der Waals surface area (Å²) >= 11 is 5.92. The van der Waals surface area contributed by atoms with Gasteiger partial charge in [0.1, 0.15) is 34.6 Å². The van der Waals surface area contributed by atoms with Gasteiger partial charge in [-0.3, -0.25) is 4.57 Å². The van der Waals surface area contributed by atoms with Crippen molar-refractivity contribution in [1.82, 2.24) is 4.57 Å². The molecule has 0 radical (unpaired) electrons. The Morgan fingerprint density at radius 2 is 2.00 bits per heavy atom. The normalized spacial score (nSPS) is 17.6. The maximum absolute atomic E-state index is 8.84. The first kappa shape index (κ1) is 8.74. The van der Waals surface area contributed by atoms with Gasteiger partial charge in [-0.15, -0.1) is 5.11 Å². The fourth-order valence-electron chi connectivity index (χ4n) is 1.39. The molecule has 68 valence electrons. The zero-order valence-corrected chi connectivity index (χ0v) is 7.95. The molecule has 0 saturated heterocycles. The minimum atomic E-state index is -0.244. The third-order valence-corrected chi connectivity index (χ3v) is 2.41. The van der Waals surface area contributed by atoms with Crippen molar-refractivity contribution in [3.05, 3.63) is 16.3 Å². The van der Waals surface area contributed by atoms with E-state index in [-0.39, 0.29) is 22.4 Å². The van der Waals surface area contributed by atoms with Gasteiger partial charge in [-0.25, -0.2) is 0 Å². The summed E-state index contributed by atoms with van der Waals surface area (Å²) in [6.07, 6.45) is -0.244. The lowest BCUT2D eigenvalue weighted by Crippen LogP contribution is -1.96. The molecule has 1 unspecified atom stereocenters. The van der Waals surface area contributed by atoms with Gasteiger partial charge in [-0.1, -0.05) is 11.6 Å². The summed E-state index contributed by atoms with van der Waals surface area (Å²) < 4.78 is 1.57. The lowest BCUT2D eigenvalue weighted by Gasteiger charge is -2.02. The molecule has 1 aromatic heterocycles. The van der Waals surface area contributed by atoms with Gasteiger partial charge < -0.3 is 0 Å². The molecule has 5 nitrogen and oxygen atoms in total. The Morgan fingerprint density at radius 1 is 1.36 bits per heavy atom. The van der Waals surface area contributed by atoms with E-state index in [1.807, 2.05) is 12.1 Å². The van der Waals surface area contributed by atoms with E-state index >= 15 is 0 Å². The number of nitriles is 2. The first-order valence-electron chi connectivity index (χ1n) is 3.85. The lowest BCUT2D eigenvalue weighted by atomic mass is 10.2. The number of rotatable bonds is 0. The summed E-state index contributed by atoms with van der Waals surface area (Å²) in [5, 5.41) is 25.5. The molecule has 1 aromatic rings. The molecular weight excluding hydrogens is 202 g/mol. The lowest BCUT2D eigenvalue weighted by molar-refractivity contribution is 0.604. The average molecular weight is 206 g/mol. The number of aromatic nitrogens is 1. The molecule has 0 bridgehead atoms. The van der Waals surface area contributed by atoms with E-state index < -0.39 is 0 Å². The number of hydrogen-bond acceptors (Lipinski definition) is 4. The van der Waals surface area contributed by atoms with Crippen LogP contribution in [0.2, 0.25) is 5.15 Å². The van der Waals surface area contributed by atoms with Crippen LogP contribution in [0.1, 0.15) is 24.2 Å². The van der Waals surface area contributed by atoms with E-state index in [1.165, 1.54) is 0 Å². The smallest absolute Gasteiger partial charge is 0.177 e. The zero-order valence-electron chi connectivity index (χ0n) is 7.19. The molecule has 6 heteroatoms. The minimum Gasteiger partial charge on any atom is -0.288 e. The fraction of sp³-hybridized carbons (Fsp3) is 0.250. The third-order valence-electron chi connectivity index (χ3n) is 2.04. The van der Waals surface area contributed by atoms with E-state index in [1.54, 1.807) is 11.5 Å². The molecule has 0 spiro atoms. The summed E-state index contributed by atoms with van der Waals surface area (Å²) in [7, 11) is 0. The van der Waals surface area contributed by atoms with Crippen LogP contribution in [0.3, 0.4) is 0 Å². The second-order valence-electron chi connectivity index (χ2n) is 2.81. The Morgan fingerprint density at radius 3 is 2.57 bits per heavy atom. The van der Waals surface area contributed by atoms with Crippen molar-refractivity contribution in [3.63, 3.8) is 0 Å². The highest BCUT2D eigenvalue weighted by atomic mass is 35.5. The summed E-state index contributed by atoms with van der Waals surface area (Å²) in [5.41, 5.74) is 0.375. The molecule has 1 atom stereocenters. The number of halogens is 1. The first-order chi connectivity index (χ1) is 6.70. The van der Waals surface area contributed by atoms with E-state index in [9.17, 15) is 0 Å². The second-order valence-corrected chi connectivity index (χ2v) is 3.16. The Labute approximate surface area is 84.8 Å². The van der Waals surface area contributed by atoms with Gasteiger partial charge in [0.25, 0.3) is 0 Å². The van der Waals surface area contributed by atoms with E-state index in [2.05, 4.69) is 10.2 Å². The molecule has 0 aliphatic carbocycles. The van der Waals surface area contributed by atoms with E-state index in [0.29, 0.717) is 5.82 Å². The van der Waals surface area contributed by atoms with Gasteiger partial charge in [-0.05, 0) is 6.92 Å². The Hall–Kier alpha value is -1.85. The maximum atomic E-state index is 8.84. The Balaban J connectivity index is 2.82. The van der Waals surface area contributed by atoms with E-state index in [4.69, 9.17) is 22.1 Å². The predicted octanol–water partition coefficient (Wildman–Crippen LogP) is 2.50. The topological polar surface area (TPSA) is 77.2 Å². The minimum absolute atomic E-state index is 0.176. The van der Waals surface area contributed by atoms with Crippen LogP contribution in [0.5, 0.6) is 0 Å². The van der Waals surface area contributed by atoms with Crippen LogP contribution in [0.25, 0.3) is 0 Å². The number of nitrogens with zero attached hydrogens (tertiary/aromatic N) is 5. The van der Waals surface area contributed by atoms with Crippen molar-refractivity contribution in [3.8, 4) is 12.1 Å². The van der Waals surface area contributed by atoms with Gasteiger partial charge in [-0.2, -0.15) is 15.6 Å². The molecule has 0 aromatic carbocycles. The SMILES string of the molecule is CC1N=Nc2c(C#N)c(C#N)c(Cl)n21. The molecule has 0 fully saturated rings. The highest BCUT2D eigenvalue weighted by Crippen LogP contribution is 2.40. The molecule has 14 heavy (non-hydrogen) atoms. The standard InChI is InChI=1S/C8H4ClN5/c1-4-12-13-8-6(3-11)5(2-10)7(9)14(4)8/h4H,1H3. The van der Waals surface area contributed by atoms with Crippen LogP contribution < -0.4 is 0 Å². The molecule has 0 amide bonds. The molecular formula is C8H4ClN5. The van der Waals surface area contributed by atoms with Crippen LogP contribution in [0, 0.1) is 22.7 Å². The van der Waals surface area contributed by atoms with Crippen molar-refractivity contribution >= 4 is 17.4 Å². The van der Waals surface area contributed by atoms with Crippen molar-refractivity contribution < 1.29 is 0 Å². The Kier molecular flexibility index (Phi) is 1.77. The highest BCUT2D eigenvalue weighted by Gasteiger charge is 2.28. The molecule has 1 aliphatic heterocycles. The third kappa shape index (κ3) is 0.876. The van der Waals surface area contributed by atoms with E-state index in [0.717, 1.165) is 0 Å². The van der Waals surface area contributed by atoms with Crippen molar-refractivity contribution in [2.75, 3.05) is 0 Å². The fourth-order valence-corrected chi connectivity index (χ4v) is 1.74. The molecule has 0 N–H and O–H groups in total. The van der Waals surface area contributed by atoms with Crippen molar-refractivity contribution in [1.29, 1.82) is 10.5 Å². The van der Waals surface area contributed by atoms with Crippen LogP contribution in [-0.2, 0) is 0 Å². The number of fused-ring (bicyclic) bond motifs is 1. The predicted molar refractivity (Wildman–Crippen MR) is 48.1 cm³/mol. The van der Waals surface area contributed by atoms with Gasteiger partial charge in [0.15, 0.2) is 5.82 Å². The van der Waals surface area contributed by atoms with Crippen LogP contribution in [0.4, 0.5) is 5.82 Å². The molecule has 2 rings (SSSR count).